The van der Waals surface area contributed by atoms with Crippen molar-refractivity contribution in [3.63, 3.8) is 0 Å². The van der Waals surface area contributed by atoms with E-state index in [0.717, 1.165) is 11.1 Å². The van der Waals surface area contributed by atoms with Crippen molar-refractivity contribution in [2.45, 2.75) is 30.9 Å². The van der Waals surface area contributed by atoms with Gasteiger partial charge in [-0.3, -0.25) is 4.79 Å². The molecule has 0 N–H and O–H groups in total. The van der Waals surface area contributed by atoms with E-state index in [1.165, 1.54) is 7.11 Å². The van der Waals surface area contributed by atoms with Crippen LogP contribution in [0.1, 0.15) is 24.0 Å². The Bertz CT molecular complexity index is 756. The lowest BCUT2D eigenvalue weighted by molar-refractivity contribution is -0.117. The van der Waals surface area contributed by atoms with E-state index >= 15 is 0 Å². The molecule has 2 atom stereocenters. The molecule has 1 aliphatic carbocycles. The van der Waals surface area contributed by atoms with Crippen LogP contribution in [-0.4, -0.2) is 43.6 Å². The zero-order valence-corrected chi connectivity index (χ0v) is 13.7. The summed E-state index contributed by atoms with van der Waals surface area (Å²) in [6, 6.07) is 3.82. The Morgan fingerprint density at radius 2 is 2.21 bits per heavy atom. The normalized spacial score (nSPS) is 27.0. The first-order chi connectivity index (χ1) is 11.6. The molecule has 24 heavy (non-hydrogen) atoms. The van der Waals surface area contributed by atoms with Crippen LogP contribution < -0.4 is 9.47 Å². The van der Waals surface area contributed by atoms with Gasteiger partial charge in [0.2, 0.25) is 0 Å². The predicted octanol–water partition coefficient (Wildman–Crippen LogP) is 2.20. The van der Waals surface area contributed by atoms with Crippen LogP contribution in [0, 0.1) is 0 Å². The van der Waals surface area contributed by atoms with Crippen molar-refractivity contribution in [3.05, 3.63) is 35.4 Å². The standard InChI is InChI=1S/C18H19NO5/c1-22-13-4-3-11-10-19(17(21)23-2)8-7-18-6-5-12(20)9-14(18)24-16(13)15(11)18/h3-6,14H,7-10H2,1-2H3/t14-,18-/m0/s1. The average molecular weight is 329 g/mol. The van der Waals surface area contributed by atoms with Gasteiger partial charge in [-0.25, -0.2) is 4.79 Å². The fraction of sp³-hybridized carbons (Fsp3) is 0.444. The topological polar surface area (TPSA) is 65.1 Å². The number of methoxy groups -OCH3 is 2. The fourth-order valence-electron chi connectivity index (χ4n) is 4.10. The zero-order chi connectivity index (χ0) is 16.9. The number of carbonyl (C=O) groups excluding carboxylic acids is 2. The van der Waals surface area contributed by atoms with Gasteiger partial charge >= 0.3 is 6.09 Å². The first kappa shape index (κ1) is 15.1. The third-order valence-corrected chi connectivity index (χ3v) is 5.27. The maximum absolute atomic E-state index is 12.0. The highest BCUT2D eigenvalue weighted by Gasteiger charge is 2.53. The second kappa shape index (κ2) is 5.26. The maximum atomic E-state index is 12.0. The van der Waals surface area contributed by atoms with E-state index < -0.39 is 5.41 Å². The summed E-state index contributed by atoms with van der Waals surface area (Å²) >= 11 is 0. The molecule has 0 radical (unpaired) electrons. The van der Waals surface area contributed by atoms with E-state index in [4.69, 9.17) is 14.2 Å². The van der Waals surface area contributed by atoms with Crippen molar-refractivity contribution in [1.29, 1.82) is 0 Å². The highest BCUT2D eigenvalue weighted by molar-refractivity contribution is 5.92. The Balaban J connectivity index is 1.89. The van der Waals surface area contributed by atoms with Crippen LogP contribution in [0.25, 0.3) is 0 Å². The van der Waals surface area contributed by atoms with Gasteiger partial charge in [0.1, 0.15) is 6.10 Å². The number of amides is 1. The minimum atomic E-state index is -0.393. The van der Waals surface area contributed by atoms with Gasteiger partial charge in [0.15, 0.2) is 17.3 Å². The van der Waals surface area contributed by atoms with Gasteiger partial charge in [-0.05, 0) is 24.1 Å². The van der Waals surface area contributed by atoms with E-state index in [1.807, 2.05) is 18.2 Å². The van der Waals surface area contributed by atoms with Gasteiger partial charge in [-0.1, -0.05) is 12.1 Å². The molecular formula is C18H19NO5. The van der Waals surface area contributed by atoms with Crippen LogP contribution in [0.5, 0.6) is 11.5 Å². The largest absolute Gasteiger partial charge is 0.493 e. The summed E-state index contributed by atoms with van der Waals surface area (Å²) in [4.78, 5) is 25.6. The number of nitrogens with zero attached hydrogens (tertiary/aromatic N) is 1. The van der Waals surface area contributed by atoms with Crippen molar-refractivity contribution in [1.82, 2.24) is 4.90 Å². The number of hydrogen-bond acceptors (Lipinski definition) is 5. The van der Waals surface area contributed by atoms with E-state index in [1.54, 1.807) is 18.1 Å². The molecule has 0 fully saturated rings. The zero-order valence-electron chi connectivity index (χ0n) is 13.7. The monoisotopic (exact) mass is 329 g/mol. The molecule has 1 aromatic carbocycles. The molecule has 126 valence electrons. The quantitative estimate of drug-likeness (QED) is 0.790. The Kier molecular flexibility index (Phi) is 3.30. The second-order valence-corrected chi connectivity index (χ2v) is 6.42. The fourth-order valence-corrected chi connectivity index (χ4v) is 4.10. The van der Waals surface area contributed by atoms with Gasteiger partial charge in [-0.2, -0.15) is 0 Å². The molecule has 0 bridgehead atoms. The van der Waals surface area contributed by atoms with Crippen molar-refractivity contribution >= 4 is 11.9 Å². The summed E-state index contributed by atoms with van der Waals surface area (Å²) in [6.45, 7) is 1.00. The van der Waals surface area contributed by atoms with E-state index in [9.17, 15) is 9.59 Å². The highest BCUT2D eigenvalue weighted by Crippen LogP contribution is 2.55. The van der Waals surface area contributed by atoms with Crippen LogP contribution in [0.4, 0.5) is 4.79 Å². The van der Waals surface area contributed by atoms with Crippen molar-refractivity contribution in [2.24, 2.45) is 0 Å². The maximum Gasteiger partial charge on any atom is 0.409 e. The predicted molar refractivity (Wildman–Crippen MR) is 85.3 cm³/mol. The molecule has 1 amide bonds. The lowest BCUT2D eigenvalue weighted by Gasteiger charge is -2.33. The van der Waals surface area contributed by atoms with Crippen molar-refractivity contribution in [3.8, 4) is 11.5 Å². The van der Waals surface area contributed by atoms with Crippen LogP contribution in [-0.2, 0) is 21.5 Å². The Labute approximate surface area is 140 Å². The molecule has 4 rings (SSSR count). The number of rotatable bonds is 1. The van der Waals surface area contributed by atoms with Gasteiger partial charge in [-0.15, -0.1) is 0 Å². The SMILES string of the molecule is COC(=O)N1CC[C@@]23C=CC(=O)C[C@@H]2Oc2c(OC)ccc(c23)C1. The molecule has 6 heteroatoms. The smallest absolute Gasteiger partial charge is 0.409 e. The highest BCUT2D eigenvalue weighted by atomic mass is 16.5. The van der Waals surface area contributed by atoms with E-state index in [0.29, 0.717) is 37.4 Å². The van der Waals surface area contributed by atoms with Crippen LogP contribution in [0.15, 0.2) is 24.3 Å². The molecule has 0 saturated carbocycles. The Morgan fingerprint density at radius 1 is 1.38 bits per heavy atom. The number of hydrogen-bond donors (Lipinski definition) is 0. The number of ketones is 1. The summed E-state index contributed by atoms with van der Waals surface area (Å²) in [7, 11) is 3.00. The van der Waals surface area contributed by atoms with Crippen LogP contribution >= 0.6 is 0 Å². The molecule has 1 aromatic rings. The minimum Gasteiger partial charge on any atom is -0.493 e. The lowest BCUT2D eigenvalue weighted by Crippen LogP contribution is -2.42. The molecule has 2 heterocycles. The summed E-state index contributed by atoms with van der Waals surface area (Å²) < 4.78 is 16.5. The molecule has 0 unspecified atom stereocenters. The molecule has 0 saturated heterocycles. The number of ether oxygens (including phenoxy) is 3. The summed E-state index contributed by atoms with van der Waals surface area (Å²) in [5, 5.41) is 0. The summed E-state index contributed by atoms with van der Waals surface area (Å²) in [6.07, 6.45) is 4.03. The Morgan fingerprint density at radius 3 is 2.96 bits per heavy atom. The molecular weight excluding hydrogens is 310 g/mol. The average Bonchev–Trinajstić information content (AvgIpc) is 2.82. The van der Waals surface area contributed by atoms with Crippen LogP contribution in [0.3, 0.4) is 0 Å². The number of allylic oxidation sites excluding steroid dienone is 1. The van der Waals surface area contributed by atoms with Crippen molar-refractivity contribution in [2.75, 3.05) is 20.8 Å². The van der Waals surface area contributed by atoms with E-state index in [-0.39, 0.29) is 18.0 Å². The third-order valence-electron chi connectivity index (χ3n) is 5.27. The molecule has 1 spiro atoms. The summed E-state index contributed by atoms with van der Waals surface area (Å²) in [5.74, 6) is 1.42. The first-order valence-corrected chi connectivity index (χ1v) is 8.01. The van der Waals surface area contributed by atoms with Crippen molar-refractivity contribution < 1.29 is 23.8 Å². The molecule has 0 aromatic heterocycles. The van der Waals surface area contributed by atoms with Gasteiger partial charge in [0.05, 0.1) is 19.6 Å². The second-order valence-electron chi connectivity index (χ2n) is 6.42. The minimum absolute atomic E-state index is 0.0630. The third kappa shape index (κ3) is 1.95. The lowest BCUT2D eigenvalue weighted by atomic mass is 9.69. The first-order valence-electron chi connectivity index (χ1n) is 8.01. The number of benzene rings is 1. The molecule has 6 nitrogen and oxygen atoms in total. The van der Waals surface area contributed by atoms with Gasteiger partial charge in [0.25, 0.3) is 0 Å². The van der Waals surface area contributed by atoms with Gasteiger partial charge < -0.3 is 19.1 Å². The summed E-state index contributed by atoms with van der Waals surface area (Å²) in [5.41, 5.74) is 1.66. The van der Waals surface area contributed by atoms with E-state index in [2.05, 4.69) is 0 Å². The van der Waals surface area contributed by atoms with Gasteiger partial charge in [0, 0.05) is 25.1 Å². The molecule has 3 aliphatic rings. The van der Waals surface area contributed by atoms with Crippen LogP contribution in [0.2, 0.25) is 0 Å². The number of carbonyl (C=O) groups is 2. The Hall–Kier alpha value is -2.50. The molecule has 2 aliphatic heterocycles.